The number of aryl methyl sites for hydroxylation is 2. The second-order valence-corrected chi connectivity index (χ2v) is 11.0. The Morgan fingerprint density at radius 2 is 1.05 bits per heavy atom. The highest BCUT2D eigenvalue weighted by Crippen LogP contribution is 2.44. The fourth-order valence-corrected chi connectivity index (χ4v) is 6.50. The number of hydrogen-bond acceptors (Lipinski definition) is 2. The molecule has 3 heteroatoms. The highest BCUT2D eigenvalue weighted by atomic mass is 16.5. The average Bonchev–Trinajstić information content (AvgIpc) is 3.02. The summed E-state index contributed by atoms with van der Waals surface area (Å²) in [5.41, 5.74) is 12.8. The predicted molar refractivity (Wildman–Crippen MR) is 170 cm³/mol. The van der Waals surface area contributed by atoms with Crippen LogP contribution < -0.4 is 25.9 Å². The molecule has 8 rings (SSSR count). The van der Waals surface area contributed by atoms with Gasteiger partial charge in [-0.1, -0.05) is 109 Å². The van der Waals surface area contributed by atoms with E-state index in [0.29, 0.717) is 0 Å². The number of hydrogen-bond donors (Lipinski definition) is 0. The van der Waals surface area contributed by atoms with Crippen LogP contribution in [0.5, 0.6) is 23.0 Å². The van der Waals surface area contributed by atoms with Crippen molar-refractivity contribution >= 4 is 23.1 Å². The van der Waals surface area contributed by atoms with Gasteiger partial charge in [0.2, 0.25) is 0 Å². The van der Waals surface area contributed by atoms with Gasteiger partial charge in [0, 0.05) is 16.6 Å². The smallest absolute Gasteiger partial charge is 0.260 e. The minimum Gasteiger partial charge on any atom is -0.458 e. The Morgan fingerprint density at radius 3 is 1.78 bits per heavy atom. The lowest BCUT2D eigenvalue weighted by atomic mass is 9.34. The van der Waals surface area contributed by atoms with Gasteiger partial charge in [0.15, 0.2) is 0 Å². The summed E-state index contributed by atoms with van der Waals surface area (Å²) in [5.74, 6) is 3.55. The molecule has 0 N–H and O–H groups in total. The number of ether oxygens (including phenoxy) is 2. The van der Waals surface area contributed by atoms with E-state index in [4.69, 9.17) is 9.47 Å². The van der Waals surface area contributed by atoms with Crippen molar-refractivity contribution < 1.29 is 9.47 Å². The maximum absolute atomic E-state index is 6.84. The van der Waals surface area contributed by atoms with Crippen LogP contribution in [-0.4, -0.2) is 6.71 Å². The third-order valence-electron chi connectivity index (χ3n) is 8.52. The monoisotopic (exact) mass is 526 g/mol. The predicted octanol–water partition coefficient (Wildman–Crippen LogP) is 8.03. The molecular weight excluding hydrogens is 499 g/mol. The van der Waals surface area contributed by atoms with Gasteiger partial charge in [-0.25, -0.2) is 0 Å². The van der Waals surface area contributed by atoms with Gasteiger partial charge in [-0.3, -0.25) is 0 Å². The minimum absolute atomic E-state index is 0.0240. The summed E-state index contributed by atoms with van der Waals surface area (Å²) in [4.78, 5) is 0. The van der Waals surface area contributed by atoms with E-state index in [1.165, 1.54) is 33.4 Å². The molecule has 0 amide bonds. The van der Waals surface area contributed by atoms with E-state index in [-0.39, 0.29) is 6.71 Å². The number of rotatable bonds is 3. The van der Waals surface area contributed by atoms with Gasteiger partial charge in [0.25, 0.3) is 6.71 Å². The van der Waals surface area contributed by atoms with Crippen molar-refractivity contribution in [2.45, 2.75) is 13.8 Å². The molecule has 0 aliphatic carbocycles. The van der Waals surface area contributed by atoms with Crippen LogP contribution in [0.4, 0.5) is 0 Å². The third-order valence-corrected chi connectivity index (χ3v) is 8.52. The number of para-hydroxylation sites is 1. The van der Waals surface area contributed by atoms with E-state index in [1.807, 2.05) is 0 Å². The summed E-state index contributed by atoms with van der Waals surface area (Å²) in [7, 11) is 0. The van der Waals surface area contributed by atoms with E-state index >= 15 is 0 Å². The molecule has 2 heterocycles. The first-order valence-electron chi connectivity index (χ1n) is 14.1. The van der Waals surface area contributed by atoms with Gasteiger partial charge >= 0.3 is 0 Å². The summed E-state index contributed by atoms with van der Waals surface area (Å²) in [6.45, 7) is 4.29. The molecule has 6 aromatic carbocycles. The molecule has 2 aliphatic rings. The Bertz CT molecular complexity index is 1980. The van der Waals surface area contributed by atoms with Crippen LogP contribution in [0.25, 0.3) is 33.4 Å². The SMILES string of the molecule is Cc1ccccc1-c1cccc2c1Oc1ccc(-c3ccccc3C)c3c1B2c1cc(-c2ccccc2)ccc1O3. The Balaban J connectivity index is 1.41. The molecule has 0 saturated heterocycles. The van der Waals surface area contributed by atoms with Gasteiger partial charge < -0.3 is 9.47 Å². The van der Waals surface area contributed by atoms with Crippen LogP contribution >= 0.6 is 0 Å². The van der Waals surface area contributed by atoms with E-state index in [0.717, 1.165) is 50.5 Å². The fraction of sp³-hybridized carbons (Fsp3) is 0.0526. The van der Waals surface area contributed by atoms with Crippen LogP contribution in [0.15, 0.2) is 127 Å². The molecule has 0 fully saturated rings. The maximum atomic E-state index is 6.84. The first-order valence-corrected chi connectivity index (χ1v) is 14.1. The molecule has 0 aromatic heterocycles. The zero-order valence-corrected chi connectivity index (χ0v) is 23.0. The van der Waals surface area contributed by atoms with E-state index in [9.17, 15) is 0 Å². The van der Waals surface area contributed by atoms with Crippen LogP contribution in [0, 0.1) is 13.8 Å². The Kier molecular flexibility index (Phi) is 5.40. The van der Waals surface area contributed by atoms with Gasteiger partial charge in [0.1, 0.15) is 23.0 Å². The van der Waals surface area contributed by atoms with Crippen LogP contribution in [0.2, 0.25) is 0 Å². The van der Waals surface area contributed by atoms with Crippen molar-refractivity contribution in [3.05, 3.63) is 139 Å². The summed E-state index contributed by atoms with van der Waals surface area (Å²) in [6, 6.07) is 45.0. The van der Waals surface area contributed by atoms with Crippen LogP contribution in [-0.2, 0) is 0 Å². The van der Waals surface area contributed by atoms with Gasteiger partial charge in [-0.05, 0) is 76.4 Å². The van der Waals surface area contributed by atoms with Gasteiger partial charge in [-0.15, -0.1) is 0 Å². The van der Waals surface area contributed by atoms with Crippen LogP contribution in [0.1, 0.15) is 11.1 Å². The summed E-state index contributed by atoms with van der Waals surface area (Å²) in [6.07, 6.45) is 0. The minimum atomic E-state index is -0.0240. The van der Waals surface area contributed by atoms with E-state index in [1.54, 1.807) is 0 Å². The molecule has 41 heavy (non-hydrogen) atoms. The van der Waals surface area contributed by atoms with Crippen molar-refractivity contribution in [2.75, 3.05) is 0 Å². The Hall–Kier alpha value is -5.02. The maximum Gasteiger partial charge on any atom is 0.260 e. The molecule has 0 spiro atoms. The molecule has 194 valence electrons. The van der Waals surface area contributed by atoms with E-state index in [2.05, 4.69) is 141 Å². The van der Waals surface area contributed by atoms with Crippen molar-refractivity contribution in [1.82, 2.24) is 0 Å². The highest BCUT2D eigenvalue weighted by molar-refractivity contribution is 6.98. The molecule has 0 atom stereocenters. The molecule has 6 aromatic rings. The summed E-state index contributed by atoms with van der Waals surface area (Å²) in [5, 5.41) is 0. The second-order valence-electron chi connectivity index (χ2n) is 11.0. The molecule has 0 saturated carbocycles. The third kappa shape index (κ3) is 3.73. The lowest BCUT2D eigenvalue weighted by molar-refractivity contribution is 0.466. The van der Waals surface area contributed by atoms with Crippen molar-refractivity contribution in [1.29, 1.82) is 0 Å². The topological polar surface area (TPSA) is 18.5 Å². The molecular formula is C38H27BO2. The Morgan fingerprint density at radius 1 is 0.439 bits per heavy atom. The molecule has 0 radical (unpaired) electrons. The zero-order chi connectivity index (χ0) is 27.5. The van der Waals surface area contributed by atoms with Crippen molar-refractivity contribution in [2.24, 2.45) is 0 Å². The first kappa shape index (κ1) is 23.8. The lowest BCUT2D eigenvalue weighted by Crippen LogP contribution is -2.57. The van der Waals surface area contributed by atoms with E-state index < -0.39 is 0 Å². The van der Waals surface area contributed by atoms with Crippen molar-refractivity contribution in [3.8, 4) is 56.4 Å². The molecule has 0 bridgehead atoms. The summed E-state index contributed by atoms with van der Waals surface area (Å²) >= 11 is 0. The highest BCUT2D eigenvalue weighted by Gasteiger charge is 2.42. The average molecular weight is 526 g/mol. The first-order chi connectivity index (χ1) is 20.2. The zero-order valence-electron chi connectivity index (χ0n) is 23.0. The largest absolute Gasteiger partial charge is 0.458 e. The quantitative estimate of drug-likeness (QED) is 0.217. The number of fused-ring (bicyclic) bond motifs is 4. The fourth-order valence-electron chi connectivity index (χ4n) is 6.50. The standard InChI is InChI=1S/C38H27BO2/c1-24-11-6-8-15-28(24)30-17-10-18-32-37(30)41-35-22-20-31(29-16-9-7-12-25(29)2)38-36(35)39(32)33-23-27(19-21-34(33)40-38)26-13-4-3-5-14-26/h3-23H,1-2H3. The number of benzene rings is 6. The second kappa shape index (κ2) is 9.28. The molecule has 2 nitrogen and oxygen atoms in total. The molecule has 2 aliphatic heterocycles. The van der Waals surface area contributed by atoms with Gasteiger partial charge in [-0.2, -0.15) is 0 Å². The Labute approximate surface area is 240 Å². The van der Waals surface area contributed by atoms with Crippen molar-refractivity contribution in [3.63, 3.8) is 0 Å². The lowest BCUT2D eigenvalue weighted by Gasteiger charge is -2.35. The molecule has 0 unspecified atom stereocenters. The summed E-state index contributed by atoms with van der Waals surface area (Å²) < 4.78 is 13.7. The van der Waals surface area contributed by atoms with Crippen LogP contribution in [0.3, 0.4) is 0 Å². The van der Waals surface area contributed by atoms with Gasteiger partial charge in [0.05, 0.1) is 0 Å². The normalized spacial score (nSPS) is 12.5.